The molecule has 0 amide bonds. The lowest BCUT2D eigenvalue weighted by Crippen LogP contribution is -2.40. The molecule has 0 unspecified atom stereocenters. The van der Waals surface area contributed by atoms with Gasteiger partial charge in [0.25, 0.3) is 0 Å². The van der Waals surface area contributed by atoms with Crippen molar-refractivity contribution in [3.63, 3.8) is 0 Å². The number of halogens is 2. The van der Waals surface area contributed by atoms with Gasteiger partial charge in [-0.3, -0.25) is 9.78 Å². The third-order valence-electron chi connectivity index (χ3n) is 6.93. The summed E-state index contributed by atoms with van der Waals surface area (Å²) in [6.07, 6.45) is 3.95. The van der Waals surface area contributed by atoms with Crippen molar-refractivity contribution in [2.75, 3.05) is 18.4 Å². The van der Waals surface area contributed by atoms with Crippen LogP contribution in [0.4, 0.5) is 10.3 Å². The molecular formula is C30H29BrFN5O3S. The van der Waals surface area contributed by atoms with Crippen LogP contribution in [0.2, 0.25) is 0 Å². The van der Waals surface area contributed by atoms with Crippen molar-refractivity contribution in [1.82, 2.24) is 19.3 Å². The SMILES string of the molecule is O=C(CCc1cc(-c2ccc(Br)cc2)nc(NCCc2ccccn2)n1)[C@@H]1CCCN1S(=O)(=O)c1ccc(F)cc1. The molecule has 0 spiro atoms. The number of aromatic nitrogens is 3. The number of Topliss-reactive ketones (excluding diaryl/α,β-unsaturated/α-hetero) is 1. The standard InChI is InChI=1S/C30H29BrFN5O3S/c31-22-8-6-21(7-9-22)27-20-25(35-30(36-27)34-18-16-24-4-1-2-17-33-24)12-15-29(38)28-5-3-19-37(28)41(39,40)26-13-10-23(32)11-14-26/h1-2,4,6-11,13-14,17,20,28H,3,5,12,15-16,18-19H2,(H,34,35,36)/t28-/m0/s1. The van der Waals surface area contributed by atoms with Crippen LogP contribution in [0, 0.1) is 5.82 Å². The molecule has 212 valence electrons. The van der Waals surface area contributed by atoms with Gasteiger partial charge in [0.1, 0.15) is 5.82 Å². The molecule has 1 saturated heterocycles. The van der Waals surface area contributed by atoms with E-state index in [9.17, 15) is 17.6 Å². The van der Waals surface area contributed by atoms with Crippen molar-refractivity contribution in [1.29, 1.82) is 0 Å². The predicted molar refractivity (Wildman–Crippen MR) is 158 cm³/mol. The number of hydrogen-bond donors (Lipinski definition) is 1. The van der Waals surface area contributed by atoms with E-state index < -0.39 is 21.9 Å². The number of pyridine rings is 1. The number of nitrogens with one attached hydrogen (secondary N) is 1. The van der Waals surface area contributed by atoms with Crippen molar-refractivity contribution < 1.29 is 17.6 Å². The zero-order chi connectivity index (χ0) is 28.8. The molecule has 1 fully saturated rings. The lowest BCUT2D eigenvalue weighted by Gasteiger charge is -2.23. The van der Waals surface area contributed by atoms with Gasteiger partial charge in [-0.1, -0.05) is 34.1 Å². The Morgan fingerprint density at radius 3 is 2.51 bits per heavy atom. The number of anilines is 1. The van der Waals surface area contributed by atoms with Gasteiger partial charge in [-0.15, -0.1) is 0 Å². The lowest BCUT2D eigenvalue weighted by atomic mass is 10.0. The fraction of sp³-hybridized carbons (Fsp3) is 0.267. The van der Waals surface area contributed by atoms with Crippen LogP contribution < -0.4 is 5.32 Å². The number of rotatable bonds is 11. The summed E-state index contributed by atoms with van der Waals surface area (Å²) in [5.41, 5.74) is 3.25. The van der Waals surface area contributed by atoms with Crippen molar-refractivity contribution in [3.8, 4) is 11.3 Å². The summed E-state index contributed by atoms with van der Waals surface area (Å²) in [6, 6.07) is 19.4. The highest BCUT2D eigenvalue weighted by atomic mass is 79.9. The molecule has 2 aromatic carbocycles. The van der Waals surface area contributed by atoms with E-state index in [0.717, 1.165) is 33.6 Å². The Morgan fingerprint density at radius 1 is 1.00 bits per heavy atom. The molecule has 8 nitrogen and oxygen atoms in total. The summed E-state index contributed by atoms with van der Waals surface area (Å²) < 4.78 is 42.0. The van der Waals surface area contributed by atoms with E-state index in [-0.39, 0.29) is 23.6 Å². The van der Waals surface area contributed by atoms with E-state index in [1.165, 1.54) is 16.4 Å². The first-order valence-corrected chi connectivity index (χ1v) is 15.6. The molecule has 0 radical (unpaired) electrons. The maximum Gasteiger partial charge on any atom is 0.243 e. The minimum absolute atomic E-state index is 0.0186. The van der Waals surface area contributed by atoms with E-state index >= 15 is 0 Å². The highest BCUT2D eigenvalue weighted by molar-refractivity contribution is 9.10. The molecule has 0 aliphatic carbocycles. The highest BCUT2D eigenvalue weighted by Gasteiger charge is 2.39. The summed E-state index contributed by atoms with van der Waals surface area (Å²) >= 11 is 3.46. The Morgan fingerprint density at radius 2 is 1.78 bits per heavy atom. The molecule has 1 N–H and O–H groups in total. The molecular weight excluding hydrogens is 609 g/mol. The van der Waals surface area contributed by atoms with E-state index in [4.69, 9.17) is 4.98 Å². The van der Waals surface area contributed by atoms with Gasteiger partial charge in [-0.2, -0.15) is 4.31 Å². The summed E-state index contributed by atoms with van der Waals surface area (Å²) in [7, 11) is -3.92. The van der Waals surface area contributed by atoms with Crippen molar-refractivity contribution >= 4 is 37.7 Å². The van der Waals surface area contributed by atoms with E-state index in [1.807, 2.05) is 48.5 Å². The summed E-state index contributed by atoms with van der Waals surface area (Å²) in [4.78, 5) is 27.0. The van der Waals surface area contributed by atoms with Crippen LogP contribution >= 0.6 is 15.9 Å². The molecule has 1 aliphatic heterocycles. The first kappa shape index (κ1) is 29.0. The summed E-state index contributed by atoms with van der Waals surface area (Å²) in [5.74, 6) is -0.234. The fourth-order valence-electron chi connectivity index (χ4n) is 4.83. The number of benzene rings is 2. The lowest BCUT2D eigenvalue weighted by molar-refractivity contribution is -0.122. The zero-order valence-corrected chi connectivity index (χ0v) is 24.6. The molecule has 4 aromatic rings. The molecule has 5 rings (SSSR count). The molecule has 41 heavy (non-hydrogen) atoms. The monoisotopic (exact) mass is 637 g/mol. The van der Waals surface area contributed by atoms with Gasteiger partial charge in [0.2, 0.25) is 16.0 Å². The van der Waals surface area contributed by atoms with Gasteiger partial charge in [0.15, 0.2) is 5.78 Å². The topological polar surface area (TPSA) is 105 Å². The first-order chi connectivity index (χ1) is 19.8. The van der Waals surface area contributed by atoms with Gasteiger partial charge < -0.3 is 5.32 Å². The Bertz CT molecular complexity index is 1600. The van der Waals surface area contributed by atoms with Gasteiger partial charge >= 0.3 is 0 Å². The smallest absolute Gasteiger partial charge is 0.243 e. The van der Waals surface area contributed by atoms with E-state index in [2.05, 4.69) is 31.2 Å². The number of nitrogens with zero attached hydrogens (tertiary/aromatic N) is 4. The second-order valence-electron chi connectivity index (χ2n) is 9.77. The van der Waals surface area contributed by atoms with E-state index in [0.29, 0.717) is 43.9 Å². The number of carbonyl (C=O) groups excluding carboxylic acids is 1. The third kappa shape index (κ3) is 7.22. The number of carbonyl (C=O) groups is 1. The Labute approximate surface area is 247 Å². The first-order valence-electron chi connectivity index (χ1n) is 13.4. The molecule has 0 saturated carbocycles. The number of ketones is 1. The zero-order valence-electron chi connectivity index (χ0n) is 22.2. The molecule has 2 aromatic heterocycles. The minimum atomic E-state index is -3.92. The van der Waals surface area contributed by atoms with Crippen LogP contribution in [-0.2, 0) is 27.7 Å². The minimum Gasteiger partial charge on any atom is -0.354 e. The fourth-order valence-corrected chi connectivity index (χ4v) is 6.77. The van der Waals surface area contributed by atoms with Gasteiger partial charge in [-0.05, 0) is 73.9 Å². The van der Waals surface area contributed by atoms with Crippen molar-refractivity contribution in [2.45, 2.75) is 43.0 Å². The summed E-state index contributed by atoms with van der Waals surface area (Å²) in [5, 5.41) is 3.28. The van der Waals surface area contributed by atoms with Gasteiger partial charge in [0.05, 0.1) is 16.6 Å². The normalized spacial score (nSPS) is 15.6. The second-order valence-corrected chi connectivity index (χ2v) is 12.6. The molecule has 0 bridgehead atoms. The van der Waals surface area contributed by atoms with Gasteiger partial charge in [-0.25, -0.2) is 22.8 Å². The third-order valence-corrected chi connectivity index (χ3v) is 9.38. The number of sulfonamides is 1. The largest absolute Gasteiger partial charge is 0.354 e. The molecule has 11 heteroatoms. The van der Waals surface area contributed by atoms with Crippen LogP contribution in [-0.4, -0.2) is 52.6 Å². The molecule has 1 aliphatic rings. The maximum absolute atomic E-state index is 13.4. The maximum atomic E-state index is 13.4. The number of aryl methyl sites for hydroxylation is 1. The van der Waals surface area contributed by atoms with Crippen LogP contribution in [0.1, 0.15) is 30.7 Å². The Hall–Kier alpha value is -3.54. The molecule has 3 heterocycles. The second kappa shape index (κ2) is 13.0. The van der Waals surface area contributed by atoms with Crippen LogP contribution in [0.15, 0.2) is 88.4 Å². The molecule has 1 atom stereocenters. The highest BCUT2D eigenvalue weighted by Crippen LogP contribution is 2.28. The van der Waals surface area contributed by atoms with E-state index in [1.54, 1.807) is 6.20 Å². The summed E-state index contributed by atoms with van der Waals surface area (Å²) in [6.45, 7) is 0.832. The Balaban J connectivity index is 1.31. The number of hydrogen-bond acceptors (Lipinski definition) is 7. The van der Waals surface area contributed by atoms with Gasteiger partial charge in [0, 0.05) is 53.6 Å². The average Bonchev–Trinajstić information content (AvgIpc) is 3.48. The Kier molecular flexibility index (Phi) is 9.16. The van der Waals surface area contributed by atoms with Crippen molar-refractivity contribution in [3.05, 3.63) is 101 Å². The quantitative estimate of drug-likeness (QED) is 0.233. The van der Waals surface area contributed by atoms with Crippen molar-refractivity contribution in [2.24, 2.45) is 0 Å². The van der Waals surface area contributed by atoms with Crippen LogP contribution in [0.25, 0.3) is 11.3 Å². The average molecular weight is 639 g/mol. The van der Waals surface area contributed by atoms with Crippen LogP contribution in [0.3, 0.4) is 0 Å². The van der Waals surface area contributed by atoms with Crippen LogP contribution in [0.5, 0.6) is 0 Å². The predicted octanol–water partition coefficient (Wildman–Crippen LogP) is 5.45.